The van der Waals surface area contributed by atoms with Crippen molar-refractivity contribution in [2.75, 3.05) is 26.2 Å². The van der Waals surface area contributed by atoms with Crippen LogP contribution in [0.5, 0.6) is 0 Å². The maximum Gasteiger partial charge on any atom is 0.253 e. The number of aromatic nitrogens is 1. The third-order valence-corrected chi connectivity index (χ3v) is 5.85. The normalized spacial score (nSPS) is 20.0. The van der Waals surface area contributed by atoms with Gasteiger partial charge in [0.25, 0.3) is 5.91 Å². The Morgan fingerprint density at radius 1 is 1.04 bits per heavy atom. The fourth-order valence-corrected chi connectivity index (χ4v) is 4.17. The number of carbonyl (C=O) groups excluding carboxylic acids is 1. The van der Waals surface area contributed by atoms with Crippen LogP contribution in [0.1, 0.15) is 36.0 Å². The Kier molecular flexibility index (Phi) is 4.34. The largest absolute Gasteiger partial charge is 0.339 e. The number of carbonyl (C=O) groups is 1. The first kappa shape index (κ1) is 16.3. The minimum absolute atomic E-state index is 0.0539. The van der Waals surface area contributed by atoms with Crippen LogP contribution in [0.3, 0.4) is 0 Å². The number of halogens is 1. The molecule has 3 heterocycles. The van der Waals surface area contributed by atoms with Gasteiger partial charge in [0.05, 0.1) is 5.69 Å². The highest BCUT2D eigenvalue weighted by Crippen LogP contribution is 2.39. The second-order valence-corrected chi connectivity index (χ2v) is 7.30. The zero-order valence-electron chi connectivity index (χ0n) is 14.4. The predicted octanol–water partition coefficient (Wildman–Crippen LogP) is 3.22. The van der Waals surface area contributed by atoms with E-state index in [0.717, 1.165) is 39.0 Å². The van der Waals surface area contributed by atoms with E-state index in [1.165, 1.54) is 18.9 Å². The summed E-state index contributed by atoms with van der Waals surface area (Å²) in [5.74, 6) is -0.421. The highest BCUT2D eigenvalue weighted by atomic mass is 19.1. The van der Waals surface area contributed by atoms with E-state index in [0.29, 0.717) is 16.7 Å². The summed E-state index contributed by atoms with van der Waals surface area (Å²) in [5, 5.41) is 3.41. The molecule has 5 heteroatoms. The van der Waals surface area contributed by atoms with Crippen LogP contribution in [0.25, 0.3) is 5.69 Å². The van der Waals surface area contributed by atoms with Crippen LogP contribution in [-0.2, 0) is 0 Å². The maximum absolute atomic E-state index is 14.4. The zero-order chi connectivity index (χ0) is 17.3. The molecule has 1 N–H and O–H groups in total. The molecular weight excluding hydrogens is 317 g/mol. The molecule has 0 radical (unpaired) electrons. The molecule has 4 nitrogen and oxygen atoms in total. The maximum atomic E-state index is 14.4. The molecule has 1 amide bonds. The lowest BCUT2D eigenvalue weighted by molar-refractivity contribution is 0.0495. The molecule has 0 saturated carbocycles. The number of amides is 1. The van der Waals surface area contributed by atoms with Gasteiger partial charge in [-0.25, -0.2) is 4.39 Å². The number of hydrogen-bond donors (Lipinski definition) is 1. The van der Waals surface area contributed by atoms with Gasteiger partial charge < -0.3 is 14.8 Å². The van der Waals surface area contributed by atoms with Crippen molar-refractivity contribution in [2.45, 2.75) is 25.7 Å². The summed E-state index contributed by atoms with van der Waals surface area (Å²) in [6.07, 6.45) is 8.12. The first-order chi connectivity index (χ1) is 12.2. The number of hydrogen-bond acceptors (Lipinski definition) is 2. The van der Waals surface area contributed by atoms with Gasteiger partial charge in [0.2, 0.25) is 0 Å². The van der Waals surface area contributed by atoms with Crippen LogP contribution in [0.15, 0.2) is 42.7 Å². The summed E-state index contributed by atoms with van der Waals surface area (Å²) in [7, 11) is 0. The Balaban J connectivity index is 1.46. The fraction of sp³-hybridized carbons (Fsp3) is 0.450. The Hall–Kier alpha value is -2.14. The van der Waals surface area contributed by atoms with Crippen LogP contribution >= 0.6 is 0 Å². The van der Waals surface area contributed by atoms with Crippen molar-refractivity contribution in [3.63, 3.8) is 0 Å². The molecule has 132 valence electrons. The molecule has 2 aliphatic rings. The van der Waals surface area contributed by atoms with Gasteiger partial charge in [-0.15, -0.1) is 0 Å². The van der Waals surface area contributed by atoms with Crippen molar-refractivity contribution in [1.82, 2.24) is 14.8 Å². The number of benzene rings is 1. The summed E-state index contributed by atoms with van der Waals surface area (Å²) in [6.45, 7) is 3.72. The van der Waals surface area contributed by atoms with Gasteiger partial charge in [0, 0.05) is 31.0 Å². The predicted molar refractivity (Wildman–Crippen MR) is 95.4 cm³/mol. The second-order valence-electron chi connectivity index (χ2n) is 7.30. The Bertz CT molecular complexity index is 740. The number of nitrogens with one attached hydrogen (secondary N) is 1. The lowest BCUT2D eigenvalue weighted by Crippen LogP contribution is -2.47. The van der Waals surface area contributed by atoms with E-state index in [2.05, 4.69) is 5.32 Å². The standard InChI is InChI=1S/C20H24FN3O/c21-17-15-16(3-4-18(17)23-11-1-2-12-23)19(25)24-13-7-20(8-14-24)5-9-22-10-6-20/h1-4,11-12,15,22H,5-10,13-14H2. The lowest BCUT2D eigenvalue weighted by atomic mass is 9.71. The van der Waals surface area contributed by atoms with E-state index in [4.69, 9.17) is 0 Å². The molecule has 1 aromatic carbocycles. The second kappa shape index (κ2) is 6.64. The van der Waals surface area contributed by atoms with Gasteiger partial charge in [-0.2, -0.15) is 0 Å². The molecule has 2 fully saturated rings. The summed E-state index contributed by atoms with van der Waals surface area (Å²) >= 11 is 0. The number of likely N-dealkylation sites (tertiary alicyclic amines) is 1. The van der Waals surface area contributed by atoms with E-state index < -0.39 is 0 Å². The van der Waals surface area contributed by atoms with Crippen LogP contribution < -0.4 is 5.32 Å². The summed E-state index contributed by atoms with van der Waals surface area (Å²) in [5.41, 5.74) is 1.31. The van der Waals surface area contributed by atoms with Crippen molar-refractivity contribution in [3.8, 4) is 5.69 Å². The van der Waals surface area contributed by atoms with Crippen molar-refractivity contribution < 1.29 is 9.18 Å². The van der Waals surface area contributed by atoms with Gasteiger partial charge in [0.15, 0.2) is 0 Å². The van der Waals surface area contributed by atoms with Crippen LogP contribution in [0.2, 0.25) is 0 Å². The molecule has 2 aromatic rings. The minimum atomic E-state index is -0.367. The number of piperidine rings is 2. The zero-order valence-corrected chi connectivity index (χ0v) is 14.4. The average molecular weight is 341 g/mol. The summed E-state index contributed by atoms with van der Waals surface area (Å²) in [6, 6.07) is 8.48. The first-order valence-electron chi connectivity index (χ1n) is 9.10. The summed E-state index contributed by atoms with van der Waals surface area (Å²) in [4.78, 5) is 14.6. The molecule has 2 saturated heterocycles. The van der Waals surface area contributed by atoms with Gasteiger partial charge in [-0.1, -0.05) is 0 Å². The molecule has 1 aromatic heterocycles. The molecule has 1 spiro atoms. The monoisotopic (exact) mass is 341 g/mol. The average Bonchev–Trinajstić information content (AvgIpc) is 3.17. The van der Waals surface area contributed by atoms with Crippen LogP contribution in [-0.4, -0.2) is 41.6 Å². The van der Waals surface area contributed by atoms with Crippen LogP contribution in [0.4, 0.5) is 4.39 Å². The van der Waals surface area contributed by atoms with E-state index >= 15 is 0 Å². The van der Waals surface area contributed by atoms with Gasteiger partial charge in [0.1, 0.15) is 5.82 Å². The van der Waals surface area contributed by atoms with Crippen molar-refractivity contribution in [1.29, 1.82) is 0 Å². The Labute approximate surface area is 147 Å². The number of nitrogens with zero attached hydrogens (tertiary/aromatic N) is 2. The highest BCUT2D eigenvalue weighted by Gasteiger charge is 2.36. The molecule has 4 rings (SSSR count). The smallest absolute Gasteiger partial charge is 0.253 e. The summed E-state index contributed by atoms with van der Waals surface area (Å²) < 4.78 is 16.1. The topological polar surface area (TPSA) is 37.3 Å². The molecule has 0 atom stereocenters. The molecule has 0 aliphatic carbocycles. The van der Waals surface area contributed by atoms with Crippen molar-refractivity contribution in [2.24, 2.45) is 5.41 Å². The fourth-order valence-electron chi connectivity index (χ4n) is 4.17. The van der Waals surface area contributed by atoms with Gasteiger partial charge >= 0.3 is 0 Å². The molecule has 0 bridgehead atoms. The highest BCUT2D eigenvalue weighted by molar-refractivity contribution is 5.94. The van der Waals surface area contributed by atoms with Crippen molar-refractivity contribution in [3.05, 3.63) is 54.1 Å². The molecule has 2 aliphatic heterocycles. The van der Waals surface area contributed by atoms with E-state index in [1.807, 2.05) is 17.0 Å². The third-order valence-electron chi connectivity index (χ3n) is 5.85. The quantitative estimate of drug-likeness (QED) is 0.911. The van der Waals surface area contributed by atoms with Crippen LogP contribution in [0, 0.1) is 11.2 Å². The minimum Gasteiger partial charge on any atom is -0.339 e. The lowest BCUT2D eigenvalue weighted by Gasteiger charge is -2.44. The Morgan fingerprint density at radius 3 is 2.36 bits per heavy atom. The molecule has 0 unspecified atom stereocenters. The van der Waals surface area contributed by atoms with E-state index in [1.54, 1.807) is 29.1 Å². The van der Waals surface area contributed by atoms with Crippen molar-refractivity contribution >= 4 is 5.91 Å². The first-order valence-corrected chi connectivity index (χ1v) is 9.10. The number of rotatable bonds is 2. The third kappa shape index (κ3) is 3.21. The Morgan fingerprint density at radius 2 is 1.72 bits per heavy atom. The molecule has 25 heavy (non-hydrogen) atoms. The van der Waals surface area contributed by atoms with Gasteiger partial charge in [-0.05, 0) is 74.5 Å². The van der Waals surface area contributed by atoms with E-state index in [9.17, 15) is 9.18 Å². The SMILES string of the molecule is O=C(c1ccc(-n2cccc2)c(F)c1)N1CCC2(CCNCC2)CC1. The van der Waals surface area contributed by atoms with Gasteiger partial charge in [-0.3, -0.25) is 4.79 Å². The van der Waals surface area contributed by atoms with E-state index in [-0.39, 0.29) is 11.7 Å². The molecular formula is C20H24FN3O.